The van der Waals surface area contributed by atoms with Crippen molar-refractivity contribution in [2.24, 2.45) is 0 Å². The minimum atomic E-state index is -3.04. The molecule has 0 saturated heterocycles. The van der Waals surface area contributed by atoms with E-state index in [-0.39, 0.29) is 11.3 Å². The summed E-state index contributed by atoms with van der Waals surface area (Å²) in [4.78, 5) is 23.1. The molecule has 0 radical (unpaired) electrons. The molecule has 0 unspecified atom stereocenters. The lowest BCUT2D eigenvalue weighted by atomic mass is 9.96. The van der Waals surface area contributed by atoms with Gasteiger partial charge in [0.2, 0.25) is 5.78 Å². The first kappa shape index (κ1) is 15.1. The molecular formula is C13H14F2O4. The molecule has 0 aliphatic carbocycles. The fourth-order valence-corrected chi connectivity index (χ4v) is 1.58. The molecule has 0 saturated carbocycles. The van der Waals surface area contributed by atoms with Gasteiger partial charge in [-0.1, -0.05) is 12.1 Å². The van der Waals surface area contributed by atoms with Crippen LogP contribution in [0.25, 0.3) is 0 Å². The fraction of sp³-hybridized carbons (Fsp3) is 0.385. The Labute approximate surface area is 109 Å². The summed E-state index contributed by atoms with van der Waals surface area (Å²) in [6, 6.07) is 5.57. The minimum absolute atomic E-state index is 0.0611. The number of ketones is 1. The van der Waals surface area contributed by atoms with E-state index in [0.29, 0.717) is 0 Å². The summed E-state index contributed by atoms with van der Waals surface area (Å²) in [6.07, 6.45) is 0. The summed E-state index contributed by atoms with van der Waals surface area (Å²) in [6.45, 7) is 0.897. The fourth-order valence-electron chi connectivity index (χ4n) is 1.58. The monoisotopic (exact) mass is 272 g/mol. The van der Waals surface area contributed by atoms with E-state index in [2.05, 4.69) is 4.74 Å². The highest BCUT2D eigenvalue weighted by atomic mass is 19.3. The van der Waals surface area contributed by atoms with Crippen molar-refractivity contribution in [3.8, 4) is 5.75 Å². The molecular weight excluding hydrogens is 258 g/mol. The standard InChI is InChI=1S/C13H14F2O4/c1-8(16)19-13(2,3)11(17)9-6-4-5-7-10(9)18-12(14)15/h4-7,12H,1-3H3. The molecule has 19 heavy (non-hydrogen) atoms. The SMILES string of the molecule is CC(=O)OC(C)(C)C(=O)c1ccccc1OC(F)F. The Kier molecular flexibility index (Phi) is 4.58. The van der Waals surface area contributed by atoms with Crippen LogP contribution in [0.4, 0.5) is 8.78 Å². The number of benzene rings is 1. The lowest BCUT2D eigenvalue weighted by molar-refractivity contribution is -0.149. The second kappa shape index (κ2) is 5.77. The third kappa shape index (κ3) is 4.01. The molecule has 0 bridgehead atoms. The zero-order valence-electron chi connectivity index (χ0n) is 10.8. The third-order valence-corrected chi connectivity index (χ3v) is 2.29. The first-order valence-corrected chi connectivity index (χ1v) is 5.52. The van der Waals surface area contributed by atoms with Crippen LogP contribution in [0.3, 0.4) is 0 Å². The lowest BCUT2D eigenvalue weighted by Gasteiger charge is -2.23. The number of hydrogen-bond acceptors (Lipinski definition) is 4. The normalized spacial score (nSPS) is 11.3. The van der Waals surface area contributed by atoms with Crippen LogP contribution in [-0.4, -0.2) is 24.0 Å². The van der Waals surface area contributed by atoms with E-state index in [1.54, 1.807) is 0 Å². The van der Waals surface area contributed by atoms with E-state index in [9.17, 15) is 18.4 Å². The molecule has 6 heteroatoms. The van der Waals surface area contributed by atoms with Crippen molar-refractivity contribution in [3.05, 3.63) is 29.8 Å². The quantitative estimate of drug-likeness (QED) is 0.611. The molecule has 1 aromatic carbocycles. The minimum Gasteiger partial charge on any atom is -0.451 e. The number of ether oxygens (including phenoxy) is 2. The van der Waals surface area contributed by atoms with Gasteiger partial charge < -0.3 is 9.47 Å². The van der Waals surface area contributed by atoms with Crippen molar-refractivity contribution in [1.82, 2.24) is 0 Å². The highest BCUT2D eigenvalue weighted by molar-refractivity contribution is 6.04. The zero-order chi connectivity index (χ0) is 14.6. The first-order valence-electron chi connectivity index (χ1n) is 5.52. The molecule has 0 amide bonds. The maximum atomic E-state index is 12.3. The number of carbonyl (C=O) groups is 2. The molecule has 0 aliphatic rings. The summed E-state index contributed by atoms with van der Waals surface area (Å²) < 4.78 is 33.7. The summed E-state index contributed by atoms with van der Waals surface area (Å²) in [5.74, 6) is -1.49. The predicted molar refractivity (Wildman–Crippen MR) is 63.2 cm³/mol. The molecule has 0 aromatic heterocycles. The van der Waals surface area contributed by atoms with Gasteiger partial charge in [-0.15, -0.1) is 0 Å². The highest BCUT2D eigenvalue weighted by Crippen LogP contribution is 2.26. The van der Waals surface area contributed by atoms with Crippen LogP contribution in [0.15, 0.2) is 24.3 Å². The van der Waals surface area contributed by atoms with E-state index in [1.807, 2.05) is 0 Å². The molecule has 0 aliphatic heterocycles. The van der Waals surface area contributed by atoms with Crippen molar-refractivity contribution in [3.63, 3.8) is 0 Å². The van der Waals surface area contributed by atoms with Gasteiger partial charge in [0.1, 0.15) is 5.75 Å². The van der Waals surface area contributed by atoms with Gasteiger partial charge in [0.05, 0.1) is 5.56 Å². The number of hydrogen-bond donors (Lipinski definition) is 0. The molecule has 0 atom stereocenters. The largest absolute Gasteiger partial charge is 0.451 e. The summed E-state index contributed by atoms with van der Waals surface area (Å²) in [5, 5.41) is 0. The average Bonchev–Trinajstić information content (AvgIpc) is 2.26. The maximum absolute atomic E-state index is 12.3. The van der Waals surface area contributed by atoms with Crippen LogP contribution < -0.4 is 4.74 Å². The van der Waals surface area contributed by atoms with Gasteiger partial charge in [0, 0.05) is 6.92 Å². The molecule has 0 fully saturated rings. The van der Waals surface area contributed by atoms with Gasteiger partial charge in [-0.2, -0.15) is 8.78 Å². The first-order chi connectivity index (χ1) is 8.74. The predicted octanol–water partition coefficient (Wildman–Crippen LogP) is 2.81. The van der Waals surface area contributed by atoms with Crippen LogP contribution in [0.2, 0.25) is 0 Å². The average molecular weight is 272 g/mol. The van der Waals surface area contributed by atoms with Gasteiger partial charge in [-0.05, 0) is 26.0 Å². The number of para-hydroxylation sites is 1. The van der Waals surface area contributed by atoms with Gasteiger partial charge in [-0.3, -0.25) is 9.59 Å². The molecule has 104 valence electrons. The van der Waals surface area contributed by atoms with Gasteiger partial charge >= 0.3 is 12.6 Å². The smallest absolute Gasteiger partial charge is 0.387 e. The van der Waals surface area contributed by atoms with Gasteiger partial charge in [0.15, 0.2) is 5.60 Å². The Morgan fingerprint density at radius 1 is 1.21 bits per heavy atom. The lowest BCUT2D eigenvalue weighted by Crippen LogP contribution is -2.37. The van der Waals surface area contributed by atoms with Crippen LogP contribution in [0.1, 0.15) is 31.1 Å². The number of rotatable bonds is 5. The van der Waals surface area contributed by atoms with Crippen LogP contribution in [0.5, 0.6) is 5.75 Å². The third-order valence-electron chi connectivity index (χ3n) is 2.29. The second-order valence-corrected chi connectivity index (χ2v) is 4.31. The Morgan fingerprint density at radius 3 is 2.32 bits per heavy atom. The Morgan fingerprint density at radius 2 is 1.79 bits per heavy atom. The van der Waals surface area contributed by atoms with Gasteiger partial charge in [0.25, 0.3) is 0 Å². The molecule has 0 heterocycles. The Hall–Kier alpha value is -1.98. The van der Waals surface area contributed by atoms with Crippen molar-refractivity contribution in [2.45, 2.75) is 33.0 Å². The Bertz CT molecular complexity index is 483. The number of Topliss-reactive ketones (excluding diaryl/α,β-unsaturated/α-hetero) is 1. The molecule has 1 aromatic rings. The van der Waals surface area contributed by atoms with Crippen LogP contribution in [-0.2, 0) is 9.53 Å². The van der Waals surface area contributed by atoms with Gasteiger partial charge in [-0.25, -0.2) is 0 Å². The molecule has 1 rings (SSSR count). The number of alkyl halides is 2. The number of halogens is 2. The van der Waals surface area contributed by atoms with E-state index < -0.39 is 24.0 Å². The van der Waals surface area contributed by atoms with E-state index in [1.165, 1.54) is 38.1 Å². The summed E-state index contributed by atoms with van der Waals surface area (Å²) >= 11 is 0. The number of esters is 1. The van der Waals surface area contributed by atoms with Crippen LogP contribution in [0, 0.1) is 0 Å². The van der Waals surface area contributed by atoms with E-state index in [4.69, 9.17) is 4.74 Å². The topological polar surface area (TPSA) is 52.6 Å². The second-order valence-electron chi connectivity index (χ2n) is 4.31. The Balaban J connectivity index is 3.08. The van der Waals surface area contributed by atoms with E-state index >= 15 is 0 Å². The molecule has 0 spiro atoms. The maximum Gasteiger partial charge on any atom is 0.387 e. The van der Waals surface area contributed by atoms with E-state index in [0.717, 1.165) is 6.92 Å². The molecule has 0 N–H and O–H groups in total. The number of carbonyl (C=O) groups excluding carboxylic acids is 2. The highest BCUT2D eigenvalue weighted by Gasteiger charge is 2.34. The zero-order valence-corrected chi connectivity index (χ0v) is 10.8. The molecule has 4 nitrogen and oxygen atoms in total. The summed E-state index contributed by atoms with van der Waals surface area (Å²) in [7, 11) is 0. The van der Waals surface area contributed by atoms with Crippen molar-refractivity contribution in [1.29, 1.82) is 0 Å². The van der Waals surface area contributed by atoms with Crippen molar-refractivity contribution in [2.75, 3.05) is 0 Å². The van der Waals surface area contributed by atoms with Crippen LogP contribution >= 0.6 is 0 Å². The van der Waals surface area contributed by atoms with Crippen molar-refractivity contribution >= 4 is 11.8 Å². The summed E-state index contributed by atoms with van der Waals surface area (Å²) in [5.41, 5.74) is -1.51. The van der Waals surface area contributed by atoms with Crippen molar-refractivity contribution < 1.29 is 27.8 Å².